The maximum absolute atomic E-state index is 14.7. The van der Waals surface area contributed by atoms with Crippen LogP contribution in [0.5, 0.6) is 0 Å². The Labute approximate surface area is 246 Å². The first-order valence-corrected chi connectivity index (χ1v) is 19.0. The van der Waals surface area contributed by atoms with Crippen LogP contribution < -0.4 is 0 Å². The SMILES string of the molecule is CC[Si](CC)(CC)O[C@@H]1C[C@](C)(C/C=C/CCCCCN=[N+]=[N-])C(=O)[C@H](C)[C@@]23CC[C@@H](C)[C@]1(C)[C@@H]2[C@H](OC)CC3. The second-order valence-corrected chi connectivity index (χ2v) is 18.7. The molecule has 0 unspecified atom stereocenters. The van der Waals surface area contributed by atoms with Crippen molar-refractivity contribution in [2.75, 3.05) is 13.7 Å². The standard InChI is InChI=1S/C33H59N3O3Si/c1-9-40(10-2,11-3)39-28-24-31(6,20-16-14-12-13-15-17-23-35-36-34)30(37)26(5)33-21-18-25(4)32(28,7)29(33)27(38-8)19-22-33/h14,16,25-29H,9-13,15,17-24H2,1-8H3/b16-14+/t25-,26+,27-,28-,29+,31+,32+,33+/m1/s1. The molecule has 0 heterocycles. The van der Waals surface area contributed by atoms with E-state index in [0.29, 0.717) is 24.2 Å². The van der Waals surface area contributed by atoms with Gasteiger partial charge in [-0.2, -0.15) is 0 Å². The molecule has 7 heteroatoms. The van der Waals surface area contributed by atoms with E-state index in [9.17, 15) is 4.79 Å². The lowest BCUT2D eigenvalue weighted by Crippen LogP contribution is -2.64. The predicted octanol–water partition coefficient (Wildman–Crippen LogP) is 9.66. The fourth-order valence-corrected chi connectivity index (χ4v) is 12.2. The second-order valence-electron chi connectivity index (χ2n) is 14.0. The van der Waals surface area contributed by atoms with Crippen LogP contribution >= 0.6 is 0 Å². The third-order valence-electron chi connectivity index (χ3n) is 12.4. The van der Waals surface area contributed by atoms with Gasteiger partial charge in [0.05, 0.1) is 12.2 Å². The van der Waals surface area contributed by atoms with E-state index >= 15 is 0 Å². The lowest BCUT2D eigenvalue weighted by Gasteiger charge is -2.63. The van der Waals surface area contributed by atoms with Crippen molar-refractivity contribution in [3.63, 3.8) is 0 Å². The van der Waals surface area contributed by atoms with E-state index in [1.54, 1.807) is 0 Å². The van der Waals surface area contributed by atoms with Crippen LogP contribution in [0.25, 0.3) is 10.4 Å². The lowest BCUT2D eigenvalue weighted by atomic mass is 9.44. The van der Waals surface area contributed by atoms with Crippen LogP contribution in [0, 0.1) is 34.0 Å². The van der Waals surface area contributed by atoms with Gasteiger partial charge in [-0.15, -0.1) is 0 Å². The Morgan fingerprint density at radius 2 is 1.73 bits per heavy atom. The monoisotopic (exact) mass is 573 g/mol. The van der Waals surface area contributed by atoms with Gasteiger partial charge in [-0.1, -0.05) is 72.2 Å². The molecule has 6 nitrogen and oxygen atoms in total. The molecule has 0 spiro atoms. The van der Waals surface area contributed by atoms with Gasteiger partial charge in [0.25, 0.3) is 0 Å². The van der Waals surface area contributed by atoms with Gasteiger partial charge in [0, 0.05) is 35.3 Å². The quantitative estimate of drug-likeness (QED) is 0.0518. The summed E-state index contributed by atoms with van der Waals surface area (Å²) in [5.41, 5.74) is 8.01. The third-order valence-corrected chi connectivity index (χ3v) is 17.0. The summed E-state index contributed by atoms with van der Waals surface area (Å²) in [5.74, 6) is 1.39. The molecule has 3 saturated carbocycles. The van der Waals surface area contributed by atoms with Gasteiger partial charge in [0.2, 0.25) is 0 Å². The first-order valence-electron chi connectivity index (χ1n) is 16.4. The van der Waals surface area contributed by atoms with E-state index in [-0.39, 0.29) is 29.0 Å². The van der Waals surface area contributed by atoms with Crippen molar-refractivity contribution < 1.29 is 14.0 Å². The number of hydrogen-bond acceptors (Lipinski definition) is 4. The summed E-state index contributed by atoms with van der Waals surface area (Å²) >= 11 is 0. The Bertz CT molecular complexity index is 924. The van der Waals surface area contributed by atoms with E-state index < -0.39 is 13.7 Å². The Kier molecular flexibility index (Phi) is 11.6. The molecule has 0 saturated heterocycles. The number of carbonyl (C=O) groups excluding carboxylic acids is 1. The molecular formula is C33H59N3O3Si. The minimum absolute atomic E-state index is 0.00674. The van der Waals surface area contributed by atoms with Crippen molar-refractivity contribution >= 4 is 14.1 Å². The minimum Gasteiger partial charge on any atom is -0.413 e. The largest absolute Gasteiger partial charge is 0.413 e. The summed E-state index contributed by atoms with van der Waals surface area (Å²) in [4.78, 5) is 17.5. The van der Waals surface area contributed by atoms with E-state index in [2.05, 4.69) is 70.6 Å². The number of methoxy groups -OCH3 is 1. The molecule has 0 aliphatic heterocycles. The molecule has 3 rings (SSSR count). The molecule has 0 aromatic heterocycles. The first-order chi connectivity index (χ1) is 19.0. The summed E-state index contributed by atoms with van der Waals surface area (Å²) in [5, 5.41) is 3.63. The molecule has 8 atom stereocenters. The van der Waals surface area contributed by atoms with Gasteiger partial charge in [-0.3, -0.25) is 4.79 Å². The van der Waals surface area contributed by atoms with Crippen molar-refractivity contribution in [1.82, 2.24) is 0 Å². The first kappa shape index (κ1) is 33.4. The summed E-state index contributed by atoms with van der Waals surface area (Å²) in [7, 11) is -0.0270. The van der Waals surface area contributed by atoms with Gasteiger partial charge >= 0.3 is 0 Å². The topological polar surface area (TPSA) is 84.3 Å². The highest BCUT2D eigenvalue weighted by Gasteiger charge is 2.68. The minimum atomic E-state index is -1.92. The summed E-state index contributed by atoms with van der Waals surface area (Å²) in [6.45, 7) is 17.1. The van der Waals surface area contributed by atoms with Crippen molar-refractivity contribution in [2.45, 2.75) is 143 Å². The zero-order valence-electron chi connectivity index (χ0n) is 27.0. The third kappa shape index (κ3) is 6.14. The number of Topliss-reactive ketones (excluding diaryl/α,β-unsaturated/α-hetero) is 1. The van der Waals surface area contributed by atoms with Gasteiger partial charge < -0.3 is 9.16 Å². The highest BCUT2D eigenvalue weighted by atomic mass is 28.4. The predicted molar refractivity (Wildman–Crippen MR) is 168 cm³/mol. The fourth-order valence-electron chi connectivity index (χ4n) is 9.28. The zero-order chi connectivity index (χ0) is 29.6. The number of unbranched alkanes of at least 4 members (excludes halogenated alkanes) is 3. The van der Waals surface area contributed by atoms with Gasteiger partial charge in [-0.25, -0.2) is 0 Å². The Morgan fingerprint density at radius 3 is 2.35 bits per heavy atom. The van der Waals surface area contributed by atoms with Crippen molar-refractivity contribution in [3.05, 3.63) is 22.6 Å². The summed E-state index contributed by atoms with van der Waals surface area (Å²) < 4.78 is 13.8. The number of hydrogen-bond donors (Lipinski definition) is 0. The molecule has 0 aromatic rings. The van der Waals surface area contributed by atoms with Crippen LogP contribution in [-0.4, -0.2) is 40.0 Å². The second kappa shape index (κ2) is 13.9. The Hall–Kier alpha value is -1.14. The van der Waals surface area contributed by atoms with E-state index in [1.807, 2.05) is 7.11 Å². The normalized spacial score (nSPS) is 38.1. The van der Waals surface area contributed by atoms with E-state index in [0.717, 1.165) is 75.9 Å². The molecule has 0 radical (unpaired) electrons. The maximum Gasteiger partial charge on any atom is 0.192 e. The van der Waals surface area contributed by atoms with Crippen LogP contribution in [0.15, 0.2) is 17.3 Å². The van der Waals surface area contributed by atoms with Crippen molar-refractivity contribution in [2.24, 2.45) is 39.1 Å². The molecule has 3 aliphatic carbocycles. The van der Waals surface area contributed by atoms with Gasteiger partial charge in [0.15, 0.2) is 8.32 Å². The van der Waals surface area contributed by atoms with Crippen molar-refractivity contribution in [3.8, 4) is 0 Å². The molecule has 0 aromatic carbocycles. The number of ketones is 1. The Morgan fingerprint density at radius 1 is 1.05 bits per heavy atom. The van der Waals surface area contributed by atoms with E-state index in [1.165, 1.54) is 6.42 Å². The number of carbonyl (C=O) groups is 1. The number of nitrogens with zero attached hydrogens (tertiary/aromatic N) is 3. The molecule has 40 heavy (non-hydrogen) atoms. The van der Waals surface area contributed by atoms with Crippen molar-refractivity contribution in [1.29, 1.82) is 0 Å². The average molecular weight is 574 g/mol. The number of rotatable bonds is 14. The molecule has 0 N–H and O–H groups in total. The smallest absolute Gasteiger partial charge is 0.192 e. The van der Waals surface area contributed by atoms with Crippen LogP contribution in [0.3, 0.4) is 0 Å². The molecule has 228 valence electrons. The molecule has 3 aliphatic rings. The van der Waals surface area contributed by atoms with Crippen LogP contribution in [0.2, 0.25) is 18.1 Å². The average Bonchev–Trinajstić information content (AvgIpc) is 3.36. The number of ether oxygens (including phenoxy) is 1. The number of azide groups is 1. The highest BCUT2D eigenvalue weighted by Crippen LogP contribution is 2.69. The molecule has 2 bridgehead atoms. The van der Waals surface area contributed by atoms with Crippen LogP contribution in [0.1, 0.15) is 113 Å². The number of allylic oxidation sites excluding steroid dienone is 2. The molecule has 0 amide bonds. The van der Waals surface area contributed by atoms with Crippen LogP contribution in [-0.2, 0) is 14.0 Å². The summed E-state index contributed by atoms with van der Waals surface area (Å²) in [6, 6.07) is 3.39. The maximum atomic E-state index is 14.7. The summed E-state index contributed by atoms with van der Waals surface area (Å²) in [6.07, 6.45) is 15.0. The fraction of sp³-hybridized carbons (Fsp3) is 0.909. The molecular weight excluding hydrogens is 514 g/mol. The zero-order valence-corrected chi connectivity index (χ0v) is 28.0. The van der Waals surface area contributed by atoms with Gasteiger partial charge in [0.1, 0.15) is 5.78 Å². The van der Waals surface area contributed by atoms with Gasteiger partial charge in [-0.05, 0) is 98.7 Å². The van der Waals surface area contributed by atoms with Crippen LogP contribution in [0.4, 0.5) is 0 Å². The highest BCUT2D eigenvalue weighted by molar-refractivity contribution is 6.73. The van der Waals surface area contributed by atoms with E-state index in [4.69, 9.17) is 14.7 Å². The lowest BCUT2D eigenvalue weighted by molar-refractivity contribution is -0.188. The molecule has 3 fully saturated rings. The Balaban J connectivity index is 1.98.